The van der Waals surface area contributed by atoms with Crippen molar-refractivity contribution in [3.05, 3.63) is 54.2 Å². The molecule has 1 N–H and O–H groups in total. The Hall–Kier alpha value is -3.39. The zero-order chi connectivity index (χ0) is 20.7. The molecular formula is C22H25N7O. The number of hydrogen-bond acceptors (Lipinski definition) is 6. The maximum absolute atomic E-state index is 5.59. The Morgan fingerprint density at radius 3 is 2.87 bits per heavy atom. The van der Waals surface area contributed by atoms with Gasteiger partial charge in [0.2, 0.25) is 0 Å². The third-order valence-corrected chi connectivity index (χ3v) is 5.46. The molecule has 0 saturated carbocycles. The average Bonchev–Trinajstić information content (AvgIpc) is 3.35. The average molecular weight is 403 g/mol. The molecule has 0 bridgehead atoms. The molecule has 4 heterocycles. The second kappa shape index (κ2) is 7.46. The minimum atomic E-state index is 0.272. The summed E-state index contributed by atoms with van der Waals surface area (Å²) in [5.41, 5.74) is 4.04. The molecule has 1 aliphatic rings. The molecule has 5 rings (SSSR count). The molecule has 8 heteroatoms. The van der Waals surface area contributed by atoms with E-state index in [4.69, 9.17) is 14.8 Å². The van der Waals surface area contributed by atoms with E-state index in [-0.39, 0.29) is 6.04 Å². The van der Waals surface area contributed by atoms with Gasteiger partial charge in [-0.3, -0.25) is 4.68 Å². The van der Waals surface area contributed by atoms with E-state index in [1.54, 1.807) is 6.20 Å². The van der Waals surface area contributed by atoms with Crippen LogP contribution in [0.4, 0.5) is 17.5 Å². The van der Waals surface area contributed by atoms with Crippen molar-refractivity contribution in [1.29, 1.82) is 0 Å². The van der Waals surface area contributed by atoms with Crippen LogP contribution >= 0.6 is 0 Å². The summed E-state index contributed by atoms with van der Waals surface area (Å²) in [5.74, 6) is 2.65. The Balaban J connectivity index is 1.52. The second-order valence-corrected chi connectivity index (χ2v) is 7.75. The van der Waals surface area contributed by atoms with E-state index in [1.165, 1.54) is 5.56 Å². The molecule has 0 aliphatic carbocycles. The molecule has 1 saturated heterocycles. The fraction of sp³-hybridized carbons (Fsp3) is 0.318. The fourth-order valence-electron chi connectivity index (χ4n) is 3.86. The van der Waals surface area contributed by atoms with E-state index in [0.717, 1.165) is 40.9 Å². The van der Waals surface area contributed by atoms with Crippen LogP contribution in [0.3, 0.4) is 0 Å². The maximum Gasteiger partial charge on any atom is 0.159 e. The molecule has 1 aromatic carbocycles. The fourth-order valence-corrected chi connectivity index (χ4v) is 3.86. The molecule has 8 nitrogen and oxygen atoms in total. The molecule has 4 aromatic rings. The number of fused-ring (bicyclic) bond motifs is 1. The predicted molar refractivity (Wildman–Crippen MR) is 117 cm³/mol. The largest absolute Gasteiger partial charge is 0.377 e. The highest BCUT2D eigenvalue weighted by Crippen LogP contribution is 2.27. The van der Waals surface area contributed by atoms with Crippen molar-refractivity contribution in [2.75, 3.05) is 30.0 Å². The van der Waals surface area contributed by atoms with Crippen molar-refractivity contribution < 1.29 is 4.74 Å². The molecule has 154 valence electrons. The highest BCUT2D eigenvalue weighted by molar-refractivity contribution is 5.68. The maximum atomic E-state index is 5.59. The number of aromatic nitrogens is 5. The third-order valence-electron chi connectivity index (χ3n) is 5.46. The van der Waals surface area contributed by atoms with Gasteiger partial charge in [-0.15, -0.1) is 0 Å². The quantitative estimate of drug-likeness (QED) is 0.563. The van der Waals surface area contributed by atoms with Gasteiger partial charge < -0.3 is 15.0 Å². The summed E-state index contributed by atoms with van der Waals surface area (Å²) < 4.78 is 9.25. The summed E-state index contributed by atoms with van der Waals surface area (Å²) in [5, 5.41) is 12.6. The Morgan fingerprint density at radius 1 is 1.13 bits per heavy atom. The highest BCUT2D eigenvalue weighted by atomic mass is 16.5. The Kier molecular flexibility index (Phi) is 4.63. The zero-order valence-electron chi connectivity index (χ0n) is 17.4. The number of ether oxygens (including phenoxy) is 1. The van der Waals surface area contributed by atoms with E-state index in [1.807, 2.05) is 28.4 Å². The highest BCUT2D eigenvalue weighted by Gasteiger charge is 2.22. The summed E-state index contributed by atoms with van der Waals surface area (Å²) in [4.78, 5) is 7.09. The first kappa shape index (κ1) is 18.6. The van der Waals surface area contributed by atoms with Crippen LogP contribution in [-0.2, 0) is 11.8 Å². The summed E-state index contributed by atoms with van der Waals surface area (Å²) in [6.45, 7) is 6.48. The minimum Gasteiger partial charge on any atom is -0.377 e. The van der Waals surface area contributed by atoms with Crippen LogP contribution in [0.15, 0.2) is 48.7 Å². The monoisotopic (exact) mass is 403 g/mol. The molecule has 0 spiro atoms. The van der Waals surface area contributed by atoms with Crippen molar-refractivity contribution in [2.45, 2.75) is 19.9 Å². The van der Waals surface area contributed by atoms with Crippen LogP contribution in [0.25, 0.3) is 16.9 Å². The van der Waals surface area contributed by atoms with Gasteiger partial charge in [0.15, 0.2) is 5.65 Å². The molecule has 1 unspecified atom stereocenters. The number of nitrogens with one attached hydrogen (secondary N) is 1. The van der Waals surface area contributed by atoms with Crippen LogP contribution in [-0.4, -0.2) is 50.2 Å². The lowest BCUT2D eigenvalue weighted by molar-refractivity contribution is 0.0985. The molecule has 30 heavy (non-hydrogen) atoms. The van der Waals surface area contributed by atoms with Gasteiger partial charge in [-0.1, -0.05) is 23.8 Å². The van der Waals surface area contributed by atoms with E-state index in [9.17, 15) is 0 Å². The summed E-state index contributed by atoms with van der Waals surface area (Å²) >= 11 is 0. The Bertz CT molecular complexity index is 1200. The first-order valence-electron chi connectivity index (χ1n) is 10.2. The number of aryl methyl sites for hydroxylation is 2. The van der Waals surface area contributed by atoms with Gasteiger partial charge in [0.1, 0.15) is 17.5 Å². The van der Waals surface area contributed by atoms with Gasteiger partial charge >= 0.3 is 0 Å². The minimum absolute atomic E-state index is 0.272. The molecule has 3 aromatic heterocycles. The molecule has 0 amide bonds. The standard InChI is InChI=1S/C22H25N7O/c1-15-5-4-6-17(11-15)18-12-20(27(3)26-18)25-22-13-21(24-19-7-8-23-29(19)22)28-9-10-30-14-16(28)2/h4-8,11-13,16,25H,9-10,14H2,1-3H3. The lowest BCUT2D eigenvalue weighted by atomic mass is 10.1. The van der Waals surface area contributed by atoms with Crippen molar-refractivity contribution >= 4 is 23.1 Å². The third kappa shape index (κ3) is 3.39. The van der Waals surface area contributed by atoms with Gasteiger partial charge in [0, 0.05) is 37.4 Å². The van der Waals surface area contributed by atoms with Crippen LogP contribution in [0.1, 0.15) is 12.5 Å². The Morgan fingerprint density at radius 2 is 2.03 bits per heavy atom. The lowest BCUT2D eigenvalue weighted by Crippen LogP contribution is -2.44. The molecule has 0 radical (unpaired) electrons. The number of rotatable bonds is 4. The number of hydrogen-bond donors (Lipinski definition) is 1. The lowest BCUT2D eigenvalue weighted by Gasteiger charge is -2.34. The van der Waals surface area contributed by atoms with Gasteiger partial charge in [-0.25, -0.2) is 4.98 Å². The number of nitrogens with zero attached hydrogens (tertiary/aromatic N) is 6. The van der Waals surface area contributed by atoms with Crippen LogP contribution in [0.5, 0.6) is 0 Å². The predicted octanol–water partition coefficient (Wildman–Crippen LogP) is 3.41. The van der Waals surface area contributed by atoms with Crippen LogP contribution < -0.4 is 10.2 Å². The van der Waals surface area contributed by atoms with E-state index < -0.39 is 0 Å². The normalized spacial score (nSPS) is 16.9. The van der Waals surface area contributed by atoms with E-state index >= 15 is 0 Å². The van der Waals surface area contributed by atoms with Gasteiger partial charge in [-0.2, -0.15) is 14.7 Å². The zero-order valence-corrected chi connectivity index (χ0v) is 17.4. The van der Waals surface area contributed by atoms with E-state index in [2.05, 4.69) is 59.5 Å². The first-order chi connectivity index (χ1) is 14.6. The number of morpholine rings is 1. The topological polar surface area (TPSA) is 72.5 Å². The van der Waals surface area contributed by atoms with Crippen LogP contribution in [0.2, 0.25) is 0 Å². The van der Waals surface area contributed by atoms with Crippen molar-refractivity contribution in [3.63, 3.8) is 0 Å². The van der Waals surface area contributed by atoms with Gasteiger partial charge in [-0.05, 0) is 19.9 Å². The van der Waals surface area contributed by atoms with Crippen molar-refractivity contribution in [1.82, 2.24) is 24.4 Å². The summed E-state index contributed by atoms with van der Waals surface area (Å²) in [7, 11) is 1.94. The molecular weight excluding hydrogens is 378 g/mol. The van der Waals surface area contributed by atoms with Crippen molar-refractivity contribution in [2.24, 2.45) is 7.05 Å². The van der Waals surface area contributed by atoms with Crippen LogP contribution in [0, 0.1) is 6.92 Å². The van der Waals surface area contributed by atoms with Gasteiger partial charge in [0.25, 0.3) is 0 Å². The first-order valence-corrected chi connectivity index (χ1v) is 10.2. The second-order valence-electron chi connectivity index (χ2n) is 7.75. The molecule has 1 aliphatic heterocycles. The SMILES string of the molecule is Cc1cccc(-c2cc(Nc3cc(N4CCOCC4C)nc4ccnn34)n(C)n2)c1. The molecule has 1 fully saturated rings. The molecule has 1 atom stereocenters. The smallest absolute Gasteiger partial charge is 0.159 e. The number of anilines is 3. The summed E-state index contributed by atoms with van der Waals surface area (Å²) in [6.07, 6.45) is 1.77. The van der Waals surface area contributed by atoms with Crippen molar-refractivity contribution in [3.8, 4) is 11.3 Å². The summed E-state index contributed by atoms with van der Waals surface area (Å²) in [6, 6.07) is 14.7. The van der Waals surface area contributed by atoms with Gasteiger partial charge in [0.05, 0.1) is 31.1 Å². The number of benzene rings is 1. The Labute approximate surface area is 175 Å². The van der Waals surface area contributed by atoms with E-state index in [0.29, 0.717) is 13.2 Å².